The number of aliphatic imine (C=N–C) groups is 1. The number of hydrogen-bond donors (Lipinski definition) is 0. The van der Waals surface area contributed by atoms with Gasteiger partial charge in [-0.05, 0) is 73.0 Å². The second-order valence-electron chi connectivity index (χ2n) is 8.38. The van der Waals surface area contributed by atoms with Gasteiger partial charge in [-0.2, -0.15) is 0 Å². The van der Waals surface area contributed by atoms with E-state index in [1.54, 1.807) is 0 Å². The van der Waals surface area contributed by atoms with Crippen LogP contribution in [0.2, 0.25) is 0 Å². The van der Waals surface area contributed by atoms with Crippen molar-refractivity contribution in [1.29, 1.82) is 0 Å². The Morgan fingerprint density at radius 2 is 1.59 bits per heavy atom. The maximum atomic E-state index is 6.01. The summed E-state index contributed by atoms with van der Waals surface area (Å²) < 4.78 is 17.3. The van der Waals surface area contributed by atoms with Crippen molar-refractivity contribution in [3.05, 3.63) is 65.7 Å². The Labute approximate surface area is 193 Å². The first-order valence-electron chi connectivity index (χ1n) is 12.0. The molecular weight excluding hydrogens is 398 g/mol. The second kappa shape index (κ2) is 13.7. The smallest absolute Gasteiger partial charge is 0.143 e. The monoisotopic (exact) mass is 435 g/mol. The highest BCUT2D eigenvalue weighted by Gasteiger charge is 2.16. The Morgan fingerprint density at radius 1 is 0.906 bits per heavy atom. The topological polar surface area (TPSA) is 40.0 Å². The van der Waals surface area contributed by atoms with E-state index in [4.69, 9.17) is 14.2 Å². The number of rotatable bonds is 13. The molecule has 0 spiro atoms. The highest BCUT2D eigenvalue weighted by atomic mass is 16.5. The summed E-state index contributed by atoms with van der Waals surface area (Å²) in [5.41, 5.74) is 3.16. The van der Waals surface area contributed by atoms with Gasteiger partial charge in [0.15, 0.2) is 0 Å². The molecule has 0 fully saturated rings. The summed E-state index contributed by atoms with van der Waals surface area (Å²) in [6, 6.07) is 16.0. The van der Waals surface area contributed by atoms with Crippen LogP contribution in [-0.2, 0) is 4.74 Å². The van der Waals surface area contributed by atoms with E-state index in [1.165, 1.54) is 44.1 Å². The molecule has 2 aromatic carbocycles. The third-order valence-electron chi connectivity index (χ3n) is 5.67. The molecular formula is C28H37NO3. The SMILES string of the molecule is CCCCCCCCCOc1ccc(C=Nc2ccc(O[C@@H]3COCC=C3C)cc2)cc1. The fourth-order valence-electron chi connectivity index (χ4n) is 3.58. The lowest BCUT2D eigenvalue weighted by molar-refractivity contribution is 0.0681. The quantitative estimate of drug-likeness (QED) is 0.188. The normalized spacial score (nSPS) is 16.2. The molecule has 1 aliphatic heterocycles. The number of nitrogens with zero attached hydrogens (tertiary/aromatic N) is 1. The predicted molar refractivity (Wildman–Crippen MR) is 133 cm³/mol. The number of hydrogen-bond acceptors (Lipinski definition) is 4. The summed E-state index contributed by atoms with van der Waals surface area (Å²) in [5.74, 6) is 1.75. The Bertz CT molecular complexity index is 840. The predicted octanol–water partition coefficient (Wildman–Crippen LogP) is 7.29. The van der Waals surface area contributed by atoms with E-state index in [1.807, 2.05) is 54.7 Å². The van der Waals surface area contributed by atoms with E-state index >= 15 is 0 Å². The molecule has 3 rings (SSSR count). The average molecular weight is 436 g/mol. The van der Waals surface area contributed by atoms with Crippen LogP contribution in [0.4, 0.5) is 5.69 Å². The van der Waals surface area contributed by atoms with Crippen molar-refractivity contribution in [3.8, 4) is 11.5 Å². The van der Waals surface area contributed by atoms with Crippen molar-refractivity contribution in [2.24, 2.45) is 4.99 Å². The van der Waals surface area contributed by atoms with Crippen LogP contribution in [-0.4, -0.2) is 32.1 Å². The van der Waals surface area contributed by atoms with Gasteiger partial charge < -0.3 is 14.2 Å². The van der Waals surface area contributed by atoms with Gasteiger partial charge in [-0.15, -0.1) is 0 Å². The molecule has 0 N–H and O–H groups in total. The lowest BCUT2D eigenvalue weighted by Crippen LogP contribution is -2.28. The maximum Gasteiger partial charge on any atom is 0.143 e. The van der Waals surface area contributed by atoms with Crippen LogP contribution in [0.15, 0.2) is 65.2 Å². The molecule has 0 bridgehead atoms. The van der Waals surface area contributed by atoms with Crippen LogP contribution in [0, 0.1) is 0 Å². The first kappa shape index (κ1) is 24.1. The lowest BCUT2D eigenvalue weighted by Gasteiger charge is -2.23. The van der Waals surface area contributed by atoms with Gasteiger partial charge in [0.25, 0.3) is 0 Å². The first-order chi connectivity index (χ1) is 15.7. The Hall–Kier alpha value is -2.59. The van der Waals surface area contributed by atoms with E-state index in [0.717, 1.165) is 35.8 Å². The number of benzene rings is 2. The van der Waals surface area contributed by atoms with E-state index in [9.17, 15) is 0 Å². The van der Waals surface area contributed by atoms with E-state index < -0.39 is 0 Å². The van der Waals surface area contributed by atoms with Crippen molar-refractivity contribution in [3.63, 3.8) is 0 Å². The molecule has 0 unspecified atom stereocenters. The Morgan fingerprint density at radius 3 is 2.31 bits per heavy atom. The van der Waals surface area contributed by atoms with Gasteiger partial charge in [-0.1, -0.05) is 51.5 Å². The minimum atomic E-state index is -0.00960. The van der Waals surface area contributed by atoms with Crippen LogP contribution >= 0.6 is 0 Å². The highest BCUT2D eigenvalue weighted by Crippen LogP contribution is 2.22. The Kier molecular flexibility index (Phi) is 10.3. The molecule has 2 aromatic rings. The van der Waals surface area contributed by atoms with Gasteiger partial charge >= 0.3 is 0 Å². The van der Waals surface area contributed by atoms with Gasteiger partial charge in [0.1, 0.15) is 17.6 Å². The van der Waals surface area contributed by atoms with Gasteiger partial charge in [0.2, 0.25) is 0 Å². The van der Waals surface area contributed by atoms with E-state index in [-0.39, 0.29) is 6.10 Å². The van der Waals surface area contributed by atoms with Crippen LogP contribution in [0.25, 0.3) is 0 Å². The lowest BCUT2D eigenvalue weighted by atomic mass is 10.1. The minimum absolute atomic E-state index is 0.00960. The van der Waals surface area contributed by atoms with Crippen molar-refractivity contribution >= 4 is 11.9 Å². The molecule has 0 amide bonds. The maximum absolute atomic E-state index is 6.01. The third kappa shape index (κ3) is 8.51. The third-order valence-corrected chi connectivity index (χ3v) is 5.67. The zero-order valence-corrected chi connectivity index (χ0v) is 19.6. The average Bonchev–Trinajstić information content (AvgIpc) is 2.82. The molecule has 1 aliphatic rings. The molecule has 0 aliphatic carbocycles. The van der Waals surface area contributed by atoms with Crippen molar-refractivity contribution < 1.29 is 14.2 Å². The molecule has 1 heterocycles. The Balaban J connectivity index is 1.38. The second-order valence-corrected chi connectivity index (χ2v) is 8.38. The van der Waals surface area contributed by atoms with Gasteiger partial charge in [-0.3, -0.25) is 4.99 Å². The van der Waals surface area contributed by atoms with Crippen LogP contribution < -0.4 is 9.47 Å². The molecule has 32 heavy (non-hydrogen) atoms. The molecule has 0 aromatic heterocycles. The zero-order chi connectivity index (χ0) is 22.4. The summed E-state index contributed by atoms with van der Waals surface area (Å²) in [7, 11) is 0. The van der Waals surface area contributed by atoms with Crippen LogP contribution in [0.1, 0.15) is 64.4 Å². The highest BCUT2D eigenvalue weighted by molar-refractivity contribution is 5.82. The van der Waals surface area contributed by atoms with Crippen LogP contribution in [0.3, 0.4) is 0 Å². The van der Waals surface area contributed by atoms with Gasteiger partial charge in [-0.25, -0.2) is 0 Å². The molecule has 0 radical (unpaired) electrons. The molecule has 172 valence electrons. The molecule has 4 nitrogen and oxygen atoms in total. The molecule has 0 saturated carbocycles. The van der Waals surface area contributed by atoms with Crippen molar-refractivity contribution in [2.45, 2.75) is 64.9 Å². The summed E-state index contributed by atoms with van der Waals surface area (Å²) in [4.78, 5) is 4.57. The van der Waals surface area contributed by atoms with Gasteiger partial charge in [0.05, 0.1) is 25.5 Å². The van der Waals surface area contributed by atoms with Crippen molar-refractivity contribution in [2.75, 3.05) is 19.8 Å². The minimum Gasteiger partial charge on any atom is -0.494 e. The standard InChI is InChI=1S/C28H37NO3/c1-3-4-5-6-7-8-9-19-31-26-14-10-24(11-15-26)21-29-25-12-16-27(17-13-25)32-28-22-30-20-18-23(28)2/h10-18,21,28H,3-9,19-20,22H2,1-2H3/t28-/m1/s1. The first-order valence-corrected chi connectivity index (χ1v) is 12.0. The zero-order valence-electron chi connectivity index (χ0n) is 19.6. The van der Waals surface area contributed by atoms with Crippen LogP contribution in [0.5, 0.6) is 11.5 Å². The summed E-state index contributed by atoms with van der Waals surface area (Å²) in [6.45, 7) is 6.40. The van der Waals surface area contributed by atoms with Crippen molar-refractivity contribution in [1.82, 2.24) is 0 Å². The summed E-state index contributed by atoms with van der Waals surface area (Å²) >= 11 is 0. The molecule has 4 heteroatoms. The van der Waals surface area contributed by atoms with Gasteiger partial charge in [0, 0.05) is 6.21 Å². The largest absolute Gasteiger partial charge is 0.494 e. The number of ether oxygens (including phenoxy) is 3. The van der Waals surface area contributed by atoms with E-state index in [2.05, 4.69) is 24.9 Å². The summed E-state index contributed by atoms with van der Waals surface area (Å²) in [5, 5.41) is 0. The fraction of sp³-hybridized carbons (Fsp3) is 0.464. The fourth-order valence-corrected chi connectivity index (χ4v) is 3.58. The summed E-state index contributed by atoms with van der Waals surface area (Å²) in [6.07, 6.45) is 13.0. The molecule has 1 atom stereocenters. The van der Waals surface area contributed by atoms with E-state index in [0.29, 0.717) is 13.2 Å². The molecule has 0 saturated heterocycles. The number of unbranched alkanes of at least 4 members (excludes halogenated alkanes) is 6.